The van der Waals surface area contributed by atoms with E-state index in [0.29, 0.717) is 18.0 Å². The number of aromatic amines is 1. The van der Waals surface area contributed by atoms with Gasteiger partial charge >= 0.3 is 0 Å². The van der Waals surface area contributed by atoms with Gasteiger partial charge in [0.2, 0.25) is 0 Å². The third-order valence-corrected chi connectivity index (χ3v) is 4.22. The fourth-order valence-corrected chi connectivity index (χ4v) is 3.04. The molecule has 3 nitrogen and oxygen atoms in total. The van der Waals surface area contributed by atoms with E-state index in [1.165, 1.54) is 6.07 Å². The van der Waals surface area contributed by atoms with Gasteiger partial charge in [-0.15, -0.1) is 0 Å². The highest BCUT2D eigenvalue weighted by molar-refractivity contribution is 5.94. The van der Waals surface area contributed by atoms with Crippen LogP contribution in [0.15, 0.2) is 30.3 Å². The highest BCUT2D eigenvalue weighted by atomic mass is 19.1. The normalized spacial score (nSPS) is 11.1. The number of aryl methyl sites for hydroxylation is 2. The molecule has 1 aromatic heterocycles. The molecule has 0 bridgehead atoms. The van der Waals surface area contributed by atoms with Crippen LogP contribution in [0, 0.1) is 31.3 Å². The minimum atomic E-state index is -0.802. The number of hydrogen-bond acceptors (Lipinski definition) is 1. The van der Waals surface area contributed by atoms with Crippen LogP contribution in [0.5, 0.6) is 0 Å². The summed E-state index contributed by atoms with van der Waals surface area (Å²) in [5.74, 6) is -2.49. The van der Waals surface area contributed by atoms with Gasteiger partial charge in [0.15, 0.2) is 0 Å². The lowest BCUT2D eigenvalue weighted by molar-refractivity contribution is 0.0953. The summed E-state index contributed by atoms with van der Waals surface area (Å²) in [6.45, 7) is 4.01. The van der Waals surface area contributed by atoms with Crippen molar-refractivity contribution in [2.45, 2.75) is 20.3 Å². The molecule has 130 valence electrons. The number of nitrogens with one attached hydrogen (secondary N) is 2. The summed E-state index contributed by atoms with van der Waals surface area (Å²) in [6.07, 6.45) is 0.472. The third-order valence-electron chi connectivity index (χ3n) is 4.22. The molecule has 6 heteroatoms. The molecule has 0 saturated heterocycles. The number of hydrogen-bond donors (Lipinski definition) is 2. The summed E-state index contributed by atoms with van der Waals surface area (Å²) in [5.41, 5.74) is 3.06. The van der Waals surface area contributed by atoms with Crippen LogP contribution in [0.1, 0.15) is 27.2 Å². The maximum atomic E-state index is 13.9. The Balaban J connectivity index is 1.76. The van der Waals surface area contributed by atoms with Crippen LogP contribution in [-0.4, -0.2) is 17.4 Å². The Morgan fingerprint density at radius 2 is 1.76 bits per heavy atom. The van der Waals surface area contributed by atoms with Crippen LogP contribution in [0.4, 0.5) is 13.2 Å². The zero-order valence-electron chi connectivity index (χ0n) is 13.8. The Hall–Kier alpha value is -2.76. The van der Waals surface area contributed by atoms with E-state index >= 15 is 0 Å². The maximum Gasteiger partial charge on any atom is 0.251 e. The molecule has 1 amide bonds. The van der Waals surface area contributed by atoms with Crippen LogP contribution >= 0.6 is 0 Å². The monoisotopic (exact) mass is 346 g/mol. The van der Waals surface area contributed by atoms with E-state index in [9.17, 15) is 18.0 Å². The van der Waals surface area contributed by atoms with Crippen molar-refractivity contribution in [3.8, 4) is 0 Å². The molecule has 0 saturated carbocycles. The molecular weight excluding hydrogens is 329 g/mol. The number of H-pyrrole nitrogens is 1. The third kappa shape index (κ3) is 3.38. The minimum Gasteiger partial charge on any atom is -0.356 e. The Morgan fingerprint density at radius 1 is 1.08 bits per heavy atom. The second-order valence-corrected chi connectivity index (χ2v) is 6.01. The van der Waals surface area contributed by atoms with Gasteiger partial charge in [-0.05, 0) is 49.6 Å². The SMILES string of the molecule is Cc1[nH]c2c(F)ccc(C)c2c1CCNC(=O)c1cc(F)cc(F)c1. The van der Waals surface area contributed by atoms with Crippen molar-refractivity contribution >= 4 is 16.8 Å². The molecule has 0 radical (unpaired) electrons. The minimum absolute atomic E-state index is 0.0737. The lowest BCUT2D eigenvalue weighted by Crippen LogP contribution is -2.26. The molecule has 3 rings (SSSR count). The highest BCUT2D eigenvalue weighted by Gasteiger charge is 2.14. The van der Waals surface area contributed by atoms with Gasteiger partial charge in [0, 0.05) is 29.3 Å². The van der Waals surface area contributed by atoms with Gasteiger partial charge in [-0.25, -0.2) is 13.2 Å². The average molecular weight is 346 g/mol. The van der Waals surface area contributed by atoms with E-state index in [-0.39, 0.29) is 17.9 Å². The van der Waals surface area contributed by atoms with Crippen molar-refractivity contribution in [1.82, 2.24) is 10.3 Å². The summed E-state index contributed by atoms with van der Waals surface area (Å²) in [7, 11) is 0. The number of fused-ring (bicyclic) bond motifs is 1. The predicted octanol–water partition coefficient (Wildman–Crippen LogP) is 4.17. The van der Waals surface area contributed by atoms with Crippen LogP contribution in [0.2, 0.25) is 0 Å². The Bertz CT molecular complexity index is 943. The molecule has 2 N–H and O–H groups in total. The van der Waals surface area contributed by atoms with Gasteiger partial charge in [0.05, 0.1) is 5.52 Å². The fourth-order valence-electron chi connectivity index (χ4n) is 3.04. The van der Waals surface area contributed by atoms with Gasteiger partial charge < -0.3 is 10.3 Å². The van der Waals surface area contributed by atoms with Gasteiger partial charge in [-0.3, -0.25) is 4.79 Å². The van der Waals surface area contributed by atoms with Gasteiger partial charge in [0.1, 0.15) is 17.5 Å². The van der Waals surface area contributed by atoms with Crippen molar-refractivity contribution in [3.63, 3.8) is 0 Å². The van der Waals surface area contributed by atoms with E-state index < -0.39 is 17.5 Å². The van der Waals surface area contributed by atoms with Crippen LogP contribution < -0.4 is 5.32 Å². The molecular formula is C19H17F3N2O. The number of rotatable bonds is 4. The average Bonchev–Trinajstić information content (AvgIpc) is 2.88. The summed E-state index contributed by atoms with van der Waals surface area (Å²) < 4.78 is 40.3. The standard InChI is InChI=1S/C19H17F3N2O/c1-10-3-4-16(22)18-17(10)15(11(2)24-18)5-6-23-19(25)12-7-13(20)9-14(21)8-12/h3-4,7-9,24H,5-6H2,1-2H3,(H,23,25). The molecule has 0 fully saturated rings. The summed E-state index contributed by atoms with van der Waals surface area (Å²) in [6, 6.07) is 5.80. The number of carbonyl (C=O) groups excluding carboxylic acids is 1. The van der Waals surface area contributed by atoms with Gasteiger partial charge in [-0.1, -0.05) is 6.07 Å². The largest absolute Gasteiger partial charge is 0.356 e. The summed E-state index contributed by atoms with van der Waals surface area (Å²) in [5, 5.41) is 3.45. The van der Waals surface area contributed by atoms with Crippen molar-refractivity contribution in [3.05, 3.63) is 70.2 Å². The highest BCUT2D eigenvalue weighted by Crippen LogP contribution is 2.27. The zero-order valence-corrected chi connectivity index (χ0v) is 13.8. The lowest BCUT2D eigenvalue weighted by atomic mass is 10.0. The van der Waals surface area contributed by atoms with E-state index in [4.69, 9.17) is 0 Å². The lowest BCUT2D eigenvalue weighted by Gasteiger charge is -2.07. The molecule has 0 aliphatic rings. The molecule has 25 heavy (non-hydrogen) atoms. The van der Waals surface area contributed by atoms with Crippen molar-refractivity contribution in [1.29, 1.82) is 0 Å². The molecule has 0 atom stereocenters. The van der Waals surface area contributed by atoms with Crippen LogP contribution in [0.25, 0.3) is 10.9 Å². The number of carbonyl (C=O) groups is 1. The Labute approximate surface area is 142 Å². The Morgan fingerprint density at radius 3 is 2.44 bits per heavy atom. The first kappa shape index (κ1) is 17.1. The van der Waals surface area contributed by atoms with E-state index in [2.05, 4.69) is 10.3 Å². The number of benzene rings is 2. The first-order valence-corrected chi connectivity index (χ1v) is 7.87. The molecule has 0 unspecified atom stereocenters. The van der Waals surface area contributed by atoms with E-state index in [1.54, 1.807) is 6.07 Å². The van der Waals surface area contributed by atoms with E-state index in [1.807, 2.05) is 13.8 Å². The van der Waals surface area contributed by atoms with Crippen molar-refractivity contribution < 1.29 is 18.0 Å². The van der Waals surface area contributed by atoms with Gasteiger partial charge in [0.25, 0.3) is 5.91 Å². The second-order valence-electron chi connectivity index (χ2n) is 6.01. The maximum absolute atomic E-state index is 13.9. The number of amides is 1. The second kappa shape index (κ2) is 6.63. The fraction of sp³-hybridized carbons (Fsp3) is 0.211. The van der Waals surface area contributed by atoms with E-state index in [0.717, 1.165) is 34.3 Å². The Kier molecular flexibility index (Phi) is 4.53. The van der Waals surface area contributed by atoms with Crippen molar-refractivity contribution in [2.24, 2.45) is 0 Å². The van der Waals surface area contributed by atoms with Crippen LogP contribution in [0.3, 0.4) is 0 Å². The van der Waals surface area contributed by atoms with Crippen molar-refractivity contribution in [2.75, 3.05) is 6.54 Å². The zero-order chi connectivity index (χ0) is 18.1. The molecule has 0 aliphatic heterocycles. The quantitative estimate of drug-likeness (QED) is 0.731. The molecule has 3 aromatic rings. The first-order chi connectivity index (χ1) is 11.9. The smallest absolute Gasteiger partial charge is 0.251 e. The number of aromatic nitrogens is 1. The summed E-state index contributed by atoms with van der Waals surface area (Å²) >= 11 is 0. The predicted molar refractivity (Wildman–Crippen MR) is 90.1 cm³/mol. The molecule has 0 spiro atoms. The first-order valence-electron chi connectivity index (χ1n) is 7.87. The number of halogens is 3. The summed E-state index contributed by atoms with van der Waals surface area (Å²) in [4.78, 5) is 15.1. The molecule has 0 aliphatic carbocycles. The van der Waals surface area contributed by atoms with Crippen LogP contribution in [-0.2, 0) is 6.42 Å². The molecule has 1 heterocycles. The topological polar surface area (TPSA) is 44.9 Å². The molecule has 2 aromatic carbocycles. The van der Waals surface area contributed by atoms with Gasteiger partial charge in [-0.2, -0.15) is 0 Å².